The number of benzene rings is 9. The van der Waals surface area contributed by atoms with Gasteiger partial charge >= 0.3 is 0 Å². The fourth-order valence-corrected chi connectivity index (χ4v) is 10.0. The molecule has 1 heterocycles. The summed E-state index contributed by atoms with van der Waals surface area (Å²) in [6.07, 6.45) is 12.2. The van der Waals surface area contributed by atoms with Gasteiger partial charge in [-0.15, -0.1) is 0 Å². The lowest BCUT2D eigenvalue weighted by molar-refractivity contribution is 0.976. The molecule has 0 radical (unpaired) electrons. The van der Waals surface area contributed by atoms with Crippen LogP contribution in [0.4, 0.5) is 17.1 Å². The molecule has 3 heteroatoms. The van der Waals surface area contributed by atoms with Crippen molar-refractivity contribution in [3.8, 4) is 22.3 Å². The van der Waals surface area contributed by atoms with Crippen LogP contribution in [-0.2, 0) is 6.54 Å². The van der Waals surface area contributed by atoms with Crippen molar-refractivity contribution in [1.82, 2.24) is 0 Å². The number of fused-ring (bicyclic) bond motifs is 4. The zero-order chi connectivity index (χ0) is 44.6. The van der Waals surface area contributed by atoms with Gasteiger partial charge in [-0.3, -0.25) is 4.99 Å². The minimum atomic E-state index is 0.621. The van der Waals surface area contributed by atoms with E-state index in [1.165, 1.54) is 82.1 Å². The van der Waals surface area contributed by atoms with E-state index in [1.54, 1.807) is 0 Å². The van der Waals surface area contributed by atoms with Crippen molar-refractivity contribution in [2.45, 2.75) is 19.9 Å². The minimum Gasteiger partial charge on any atom is -0.319 e. The SMILES string of the molecule is C=C/C(c1c2c(c(-c3cccc4ccccc34)c3ccccc13)C=C(c1ccc3c(c1)CN(c1ccccc1N=C)C(c1ccc(-c4ccccc4)cc1)=N3)CC=C2)=c1/cccc/c1=C/C. The Kier molecular flexibility index (Phi) is 10.6. The van der Waals surface area contributed by atoms with Crippen LogP contribution in [0.2, 0.25) is 0 Å². The highest BCUT2D eigenvalue weighted by atomic mass is 15.2. The molecule has 0 fully saturated rings. The highest BCUT2D eigenvalue weighted by Crippen LogP contribution is 2.46. The molecule has 0 amide bonds. The van der Waals surface area contributed by atoms with Crippen LogP contribution in [0.1, 0.15) is 46.7 Å². The molecule has 66 heavy (non-hydrogen) atoms. The van der Waals surface area contributed by atoms with Gasteiger partial charge in [0.15, 0.2) is 0 Å². The van der Waals surface area contributed by atoms with E-state index in [0.717, 1.165) is 46.0 Å². The first-order valence-electron chi connectivity index (χ1n) is 22.7. The molecule has 0 unspecified atom stereocenters. The Hall–Kier alpha value is -8.40. The summed E-state index contributed by atoms with van der Waals surface area (Å²) < 4.78 is 0. The Morgan fingerprint density at radius 1 is 0.636 bits per heavy atom. The zero-order valence-electron chi connectivity index (χ0n) is 37.0. The smallest absolute Gasteiger partial charge is 0.141 e. The van der Waals surface area contributed by atoms with E-state index in [2.05, 4.69) is 230 Å². The first-order valence-corrected chi connectivity index (χ1v) is 22.7. The molecule has 0 saturated heterocycles. The second kappa shape index (κ2) is 17.3. The topological polar surface area (TPSA) is 28.0 Å². The molecule has 3 nitrogen and oxygen atoms in total. The Balaban J connectivity index is 1.12. The fourth-order valence-electron chi connectivity index (χ4n) is 10.0. The molecular formula is C63H47N3. The monoisotopic (exact) mass is 845 g/mol. The molecule has 11 rings (SSSR count). The third-order valence-corrected chi connectivity index (χ3v) is 13.2. The van der Waals surface area contributed by atoms with Crippen molar-refractivity contribution in [2.24, 2.45) is 9.98 Å². The van der Waals surface area contributed by atoms with Gasteiger partial charge in [-0.05, 0) is 144 Å². The van der Waals surface area contributed by atoms with E-state index in [-0.39, 0.29) is 0 Å². The average molecular weight is 846 g/mol. The molecule has 0 atom stereocenters. The quantitative estimate of drug-likeness (QED) is 0.140. The molecule has 2 aliphatic rings. The van der Waals surface area contributed by atoms with Crippen molar-refractivity contribution in [1.29, 1.82) is 0 Å². The van der Waals surface area contributed by atoms with E-state index in [1.807, 2.05) is 18.2 Å². The second-order valence-electron chi connectivity index (χ2n) is 16.9. The molecular weight excluding hydrogens is 799 g/mol. The van der Waals surface area contributed by atoms with E-state index in [9.17, 15) is 0 Å². The maximum absolute atomic E-state index is 5.42. The Morgan fingerprint density at radius 2 is 1.32 bits per heavy atom. The van der Waals surface area contributed by atoms with Gasteiger partial charge in [0.25, 0.3) is 0 Å². The number of anilines is 1. The lowest BCUT2D eigenvalue weighted by atomic mass is 9.81. The van der Waals surface area contributed by atoms with Crippen LogP contribution in [0.3, 0.4) is 0 Å². The highest BCUT2D eigenvalue weighted by molar-refractivity contribution is 6.16. The number of nitrogens with zero attached hydrogens (tertiary/aromatic N) is 3. The lowest BCUT2D eigenvalue weighted by Crippen LogP contribution is -2.33. The van der Waals surface area contributed by atoms with Gasteiger partial charge in [-0.1, -0.05) is 195 Å². The van der Waals surface area contributed by atoms with E-state index in [4.69, 9.17) is 4.99 Å². The normalized spacial score (nSPS) is 14.0. The van der Waals surface area contributed by atoms with Crippen LogP contribution in [0.15, 0.2) is 217 Å². The maximum Gasteiger partial charge on any atom is 0.141 e. The first-order chi connectivity index (χ1) is 32.6. The predicted octanol–water partition coefficient (Wildman–Crippen LogP) is 14.9. The van der Waals surface area contributed by atoms with E-state index >= 15 is 0 Å². The minimum absolute atomic E-state index is 0.621. The van der Waals surface area contributed by atoms with Gasteiger partial charge < -0.3 is 4.90 Å². The highest BCUT2D eigenvalue weighted by Gasteiger charge is 2.27. The van der Waals surface area contributed by atoms with Crippen molar-refractivity contribution in [3.05, 3.63) is 251 Å². The molecule has 1 aliphatic carbocycles. The van der Waals surface area contributed by atoms with Crippen molar-refractivity contribution in [3.63, 3.8) is 0 Å². The van der Waals surface area contributed by atoms with Crippen LogP contribution < -0.4 is 15.3 Å². The molecule has 0 saturated carbocycles. The van der Waals surface area contributed by atoms with Crippen LogP contribution in [0, 0.1) is 0 Å². The van der Waals surface area contributed by atoms with Gasteiger partial charge in [-0.25, -0.2) is 4.99 Å². The number of allylic oxidation sites excluding steroid dienone is 3. The summed E-state index contributed by atoms with van der Waals surface area (Å²) in [5.74, 6) is 0.882. The molecule has 0 bridgehead atoms. The fraction of sp³-hybridized carbons (Fsp3) is 0.0476. The van der Waals surface area contributed by atoms with Gasteiger partial charge in [0, 0.05) is 5.56 Å². The summed E-state index contributed by atoms with van der Waals surface area (Å²) in [7, 11) is 0. The number of para-hydroxylation sites is 2. The molecule has 9 aromatic carbocycles. The van der Waals surface area contributed by atoms with Gasteiger partial charge in [0.1, 0.15) is 5.84 Å². The number of aliphatic imine (C=N–C) groups is 2. The van der Waals surface area contributed by atoms with Crippen molar-refractivity contribution < 1.29 is 0 Å². The summed E-state index contributed by atoms with van der Waals surface area (Å²) in [5.41, 5.74) is 16.8. The summed E-state index contributed by atoms with van der Waals surface area (Å²) in [4.78, 5) is 12.2. The number of hydrogen-bond acceptors (Lipinski definition) is 3. The molecule has 0 N–H and O–H groups in total. The molecule has 9 aromatic rings. The van der Waals surface area contributed by atoms with Crippen molar-refractivity contribution in [2.75, 3.05) is 4.90 Å². The second-order valence-corrected chi connectivity index (χ2v) is 16.9. The van der Waals surface area contributed by atoms with E-state index in [0.29, 0.717) is 6.54 Å². The third-order valence-electron chi connectivity index (χ3n) is 13.2. The summed E-state index contributed by atoms with van der Waals surface area (Å²) in [6.45, 7) is 11.1. The molecule has 1 aliphatic heterocycles. The number of hydrogen-bond donors (Lipinski definition) is 0. The first kappa shape index (κ1) is 40.4. The number of rotatable bonds is 8. The standard InChI is InChI=1S/C63H47N3/c1-4-42-19-9-11-25-51(42)50(5-2)61-54-27-13-14-28-55(54)62(53-29-17-23-45-22-10-12-26-52(45)53)57-40-47(24-18-30-56(57)61)48-37-38-58-49(39-48)41-66(60-32-16-15-31-59(60)64-3)63(65-58)46-35-33-44(34-36-46)43-20-7-6-8-21-43/h4-23,25-40H,2-3,24,41H2,1H3/b42-4-,51-50+. The van der Waals surface area contributed by atoms with Gasteiger partial charge in [0.05, 0.1) is 23.6 Å². The summed E-state index contributed by atoms with van der Waals surface area (Å²) in [6, 6.07) is 67.3. The van der Waals surface area contributed by atoms with Crippen LogP contribution in [0.5, 0.6) is 0 Å². The molecule has 0 aromatic heterocycles. The predicted molar refractivity (Wildman–Crippen MR) is 283 cm³/mol. The average Bonchev–Trinajstić information content (AvgIpc) is 3.61. The Labute approximate surface area is 386 Å². The largest absolute Gasteiger partial charge is 0.319 e. The van der Waals surface area contributed by atoms with Crippen molar-refractivity contribution >= 4 is 80.5 Å². The Morgan fingerprint density at radius 3 is 2.14 bits per heavy atom. The van der Waals surface area contributed by atoms with Crippen LogP contribution in [-0.4, -0.2) is 12.6 Å². The number of amidine groups is 1. The molecule has 0 spiro atoms. The third kappa shape index (κ3) is 7.12. The van der Waals surface area contributed by atoms with Gasteiger partial charge in [0.2, 0.25) is 0 Å². The Bertz CT molecular complexity index is 3620. The van der Waals surface area contributed by atoms with Crippen LogP contribution in [0.25, 0.3) is 73.2 Å². The van der Waals surface area contributed by atoms with E-state index < -0.39 is 0 Å². The summed E-state index contributed by atoms with van der Waals surface area (Å²) >= 11 is 0. The zero-order valence-corrected chi connectivity index (χ0v) is 37.0. The summed E-state index contributed by atoms with van der Waals surface area (Å²) in [5, 5.41) is 7.21. The molecule has 314 valence electrons. The maximum atomic E-state index is 5.42. The van der Waals surface area contributed by atoms with Crippen LogP contribution >= 0.6 is 0 Å². The van der Waals surface area contributed by atoms with Gasteiger partial charge in [-0.2, -0.15) is 0 Å². The lowest BCUT2D eigenvalue weighted by Gasteiger charge is -2.32.